The number of aromatic nitrogens is 2. The van der Waals surface area contributed by atoms with E-state index in [1.807, 2.05) is 0 Å². The molecule has 1 aromatic heterocycles. The number of anilines is 1. The highest BCUT2D eigenvalue weighted by molar-refractivity contribution is 8.01. The highest BCUT2D eigenvalue weighted by Crippen LogP contribution is 2.25. The highest BCUT2D eigenvalue weighted by atomic mass is 32.2. The molecule has 0 aromatic carbocycles. The smallest absolute Gasteiger partial charge is 0.328 e. The summed E-state index contributed by atoms with van der Waals surface area (Å²) in [6.45, 7) is 2.69. The minimum atomic E-state index is -0.453. The maximum Gasteiger partial charge on any atom is 0.328 e. The fourth-order valence-electron chi connectivity index (χ4n) is 2.20. The molecule has 7 nitrogen and oxygen atoms in total. The molecule has 2 heterocycles. The molecule has 1 fully saturated rings. The molecule has 1 aliphatic rings. The molecule has 1 amide bonds. The Balaban J connectivity index is 1.93. The van der Waals surface area contributed by atoms with Gasteiger partial charge in [-0.2, -0.15) is 0 Å². The lowest BCUT2D eigenvalue weighted by Gasteiger charge is -2.33. The number of nitrogens with two attached hydrogens (primary N) is 1. The average molecular weight is 330 g/mol. The summed E-state index contributed by atoms with van der Waals surface area (Å²) in [6.07, 6.45) is 2.52. The summed E-state index contributed by atoms with van der Waals surface area (Å²) in [5.41, 5.74) is 5.50. The first kappa shape index (κ1) is 16.0. The third-order valence-corrected chi connectivity index (χ3v) is 4.99. The fourth-order valence-corrected chi connectivity index (χ4v) is 3.72. The van der Waals surface area contributed by atoms with Gasteiger partial charge in [0.25, 0.3) is 0 Å². The number of nitrogens with zero attached hydrogens (tertiary/aromatic N) is 3. The van der Waals surface area contributed by atoms with E-state index in [2.05, 4.69) is 10.2 Å². The number of hydrogen-bond acceptors (Lipinski definition) is 8. The number of piperidine rings is 1. The topological polar surface area (TPSA) is 98.4 Å². The van der Waals surface area contributed by atoms with Gasteiger partial charge in [-0.1, -0.05) is 23.1 Å². The zero-order valence-corrected chi connectivity index (χ0v) is 13.4. The van der Waals surface area contributed by atoms with E-state index in [0.717, 1.165) is 12.8 Å². The van der Waals surface area contributed by atoms with Gasteiger partial charge in [0.15, 0.2) is 4.34 Å². The quantitative estimate of drug-likeness (QED) is 0.639. The molecule has 1 atom stereocenters. The number of likely N-dealkylation sites (tertiary alicyclic amines) is 1. The summed E-state index contributed by atoms with van der Waals surface area (Å²) in [5, 5.41) is 7.94. The molecular weight excluding hydrogens is 312 g/mol. The second-order valence-electron chi connectivity index (χ2n) is 4.55. The third-order valence-electron chi connectivity index (χ3n) is 3.12. The lowest BCUT2D eigenvalue weighted by molar-refractivity contribution is -0.155. The molecule has 0 radical (unpaired) electrons. The Bertz CT molecular complexity index is 508. The van der Waals surface area contributed by atoms with Crippen LogP contribution in [0.4, 0.5) is 5.13 Å². The fraction of sp³-hybridized carbons (Fsp3) is 0.667. The summed E-state index contributed by atoms with van der Waals surface area (Å²) in [7, 11) is 0. The number of esters is 1. The Morgan fingerprint density at radius 1 is 1.48 bits per heavy atom. The predicted octanol–water partition coefficient (Wildman–Crippen LogP) is 1.16. The van der Waals surface area contributed by atoms with Crippen LogP contribution in [0.5, 0.6) is 0 Å². The molecular formula is C12H18N4O3S2. The number of ether oxygens (including phenoxy) is 1. The normalized spacial score (nSPS) is 18.5. The Kier molecular flexibility index (Phi) is 5.80. The molecule has 0 unspecified atom stereocenters. The molecule has 21 heavy (non-hydrogen) atoms. The minimum Gasteiger partial charge on any atom is -0.464 e. The molecule has 1 aliphatic heterocycles. The molecule has 0 bridgehead atoms. The number of thioether (sulfide) groups is 1. The van der Waals surface area contributed by atoms with Crippen molar-refractivity contribution >= 4 is 40.1 Å². The molecule has 0 aliphatic carbocycles. The van der Waals surface area contributed by atoms with Gasteiger partial charge >= 0.3 is 5.97 Å². The summed E-state index contributed by atoms with van der Waals surface area (Å²) in [4.78, 5) is 25.9. The zero-order valence-electron chi connectivity index (χ0n) is 11.8. The molecule has 1 aromatic rings. The van der Waals surface area contributed by atoms with Gasteiger partial charge in [0.05, 0.1) is 12.4 Å². The molecule has 2 rings (SSSR count). The zero-order chi connectivity index (χ0) is 15.2. The van der Waals surface area contributed by atoms with Crippen LogP contribution in [0.3, 0.4) is 0 Å². The third kappa shape index (κ3) is 4.31. The van der Waals surface area contributed by atoms with Crippen LogP contribution in [0.1, 0.15) is 26.2 Å². The van der Waals surface area contributed by atoms with Crippen LogP contribution in [0.2, 0.25) is 0 Å². The first-order valence-electron chi connectivity index (χ1n) is 6.79. The number of carbonyl (C=O) groups is 2. The van der Waals surface area contributed by atoms with Gasteiger partial charge in [-0.05, 0) is 26.2 Å². The number of nitrogen functional groups attached to an aromatic ring is 1. The van der Waals surface area contributed by atoms with Gasteiger partial charge in [0.1, 0.15) is 6.04 Å². The van der Waals surface area contributed by atoms with E-state index < -0.39 is 6.04 Å². The Morgan fingerprint density at radius 2 is 2.29 bits per heavy atom. The van der Waals surface area contributed by atoms with E-state index in [9.17, 15) is 9.59 Å². The van der Waals surface area contributed by atoms with Crippen molar-refractivity contribution in [3.05, 3.63) is 0 Å². The van der Waals surface area contributed by atoms with Crippen LogP contribution < -0.4 is 5.73 Å². The van der Waals surface area contributed by atoms with Gasteiger partial charge < -0.3 is 15.4 Å². The lowest BCUT2D eigenvalue weighted by atomic mass is 10.0. The highest BCUT2D eigenvalue weighted by Gasteiger charge is 2.33. The van der Waals surface area contributed by atoms with Crippen molar-refractivity contribution in [3.8, 4) is 0 Å². The van der Waals surface area contributed by atoms with Crippen LogP contribution in [0.25, 0.3) is 0 Å². The maximum atomic E-state index is 12.3. The Labute approximate surface area is 131 Å². The SMILES string of the molecule is CCOC(=O)[C@@H]1CCCCN1C(=O)CSc1nnc(N)s1. The standard InChI is InChI=1S/C12H18N4O3S2/c1-2-19-10(18)8-5-3-4-6-16(8)9(17)7-20-12-15-14-11(13)21-12/h8H,2-7H2,1H3,(H2,13,14)/t8-/m0/s1. The van der Waals surface area contributed by atoms with Gasteiger partial charge in [-0.15, -0.1) is 10.2 Å². The van der Waals surface area contributed by atoms with Crippen molar-refractivity contribution < 1.29 is 14.3 Å². The van der Waals surface area contributed by atoms with Crippen molar-refractivity contribution in [3.63, 3.8) is 0 Å². The van der Waals surface area contributed by atoms with Gasteiger partial charge in [0.2, 0.25) is 11.0 Å². The van der Waals surface area contributed by atoms with Crippen molar-refractivity contribution in [1.29, 1.82) is 0 Å². The van der Waals surface area contributed by atoms with E-state index in [1.54, 1.807) is 11.8 Å². The van der Waals surface area contributed by atoms with E-state index in [4.69, 9.17) is 10.5 Å². The minimum absolute atomic E-state index is 0.0773. The summed E-state index contributed by atoms with van der Waals surface area (Å²) < 4.78 is 5.71. The summed E-state index contributed by atoms with van der Waals surface area (Å²) in [6, 6.07) is -0.453. The predicted molar refractivity (Wildman–Crippen MR) is 81.0 cm³/mol. The second kappa shape index (κ2) is 7.60. The largest absolute Gasteiger partial charge is 0.464 e. The summed E-state index contributed by atoms with van der Waals surface area (Å²) >= 11 is 2.54. The van der Waals surface area contributed by atoms with Crippen LogP contribution in [-0.4, -0.2) is 51.9 Å². The van der Waals surface area contributed by atoms with Crippen LogP contribution in [-0.2, 0) is 14.3 Å². The molecule has 9 heteroatoms. The Hall–Kier alpha value is -1.35. The first-order chi connectivity index (χ1) is 10.1. The lowest BCUT2D eigenvalue weighted by Crippen LogP contribution is -2.49. The maximum absolute atomic E-state index is 12.3. The van der Waals surface area contributed by atoms with Crippen molar-refractivity contribution in [1.82, 2.24) is 15.1 Å². The molecule has 0 saturated carbocycles. The van der Waals surface area contributed by atoms with Crippen LogP contribution >= 0.6 is 23.1 Å². The van der Waals surface area contributed by atoms with Crippen molar-refractivity contribution in [2.45, 2.75) is 36.6 Å². The van der Waals surface area contributed by atoms with Crippen molar-refractivity contribution in [2.24, 2.45) is 0 Å². The summed E-state index contributed by atoms with van der Waals surface area (Å²) in [5.74, 6) is -0.160. The average Bonchev–Trinajstić information content (AvgIpc) is 2.90. The first-order valence-corrected chi connectivity index (χ1v) is 8.60. The van der Waals surface area contributed by atoms with Crippen LogP contribution in [0, 0.1) is 0 Å². The van der Waals surface area contributed by atoms with Gasteiger partial charge in [0, 0.05) is 6.54 Å². The Morgan fingerprint density at radius 3 is 2.95 bits per heavy atom. The number of amides is 1. The number of carbonyl (C=O) groups excluding carboxylic acids is 2. The number of rotatable bonds is 5. The van der Waals surface area contributed by atoms with E-state index in [0.29, 0.717) is 29.0 Å². The van der Waals surface area contributed by atoms with Gasteiger partial charge in [-0.25, -0.2) is 4.79 Å². The molecule has 0 spiro atoms. The van der Waals surface area contributed by atoms with E-state index >= 15 is 0 Å². The van der Waals surface area contributed by atoms with Crippen molar-refractivity contribution in [2.75, 3.05) is 24.6 Å². The number of hydrogen-bond donors (Lipinski definition) is 1. The molecule has 1 saturated heterocycles. The van der Waals surface area contributed by atoms with E-state index in [1.165, 1.54) is 23.1 Å². The van der Waals surface area contributed by atoms with E-state index in [-0.39, 0.29) is 17.6 Å². The second-order valence-corrected chi connectivity index (χ2v) is 6.78. The molecule has 116 valence electrons. The molecule has 2 N–H and O–H groups in total. The monoisotopic (exact) mass is 330 g/mol. The van der Waals surface area contributed by atoms with Crippen LogP contribution in [0.15, 0.2) is 4.34 Å². The van der Waals surface area contributed by atoms with Gasteiger partial charge in [-0.3, -0.25) is 4.79 Å².